The maximum atomic E-state index is 12.8. The van der Waals surface area contributed by atoms with Crippen LogP contribution in [-0.4, -0.2) is 19.7 Å². The van der Waals surface area contributed by atoms with Gasteiger partial charge in [0.1, 0.15) is 24.0 Å². The second-order valence-electron chi connectivity index (χ2n) is 7.16. The van der Waals surface area contributed by atoms with Crippen molar-refractivity contribution < 1.29 is 23.7 Å². The number of esters is 1. The zero-order valence-corrected chi connectivity index (χ0v) is 21.7. The normalized spacial score (nSPS) is 15.5. The summed E-state index contributed by atoms with van der Waals surface area (Å²) < 4.78 is 22.7. The molecule has 7 nitrogen and oxygen atoms in total. The largest absolute Gasteiger partial charge is 0.493 e. The van der Waals surface area contributed by atoms with Gasteiger partial charge in [0.25, 0.3) is 0 Å². The highest BCUT2D eigenvalue weighted by atomic mass is 79.9. The number of nitriles is 1. The number of carbonyl (C=O) groups is 1. The van der Waals surface area contributed by atoms with E-state index < -0.39 is 11.9 Å². The van der Waals surface area contributed by atoms with Gasteiger partial charge in [-0.1, -0.05) is 45.2 Å². The first-order chi connectivity index (χ1) is 16.2. The molecule has 0 aromatic heterocycles. The molecule has 178 valence electrons. The van der Waals surface area contributed by atoms with Crippen LogP contribution in [0.2, 0.25) is 10.0 Å². The molecule has 0 saturated heterocycles. The summed E-state index contributed by atoms with van der Waals surface area (Å²) in [5, 5.41) is 10.8. The lowest BCUT2D eigenvalue weighted by Crippen LogP contribution is -2.25. The molecule has 34 heavy (non-hydrogen) atoms. The first kappa shape index (κ1) is 25.8. The average molecular weight is 568 g/mol. The van der Waals surface area contributed by atoms with Crippen molar-refractivity contribution in [2.24, 2.45) is 5.73 Å². The Morgan fingerprint density at radius 3 is 2.62 bits per heavy atom. The van der Waals surface area contributed by atoms with E-state index in [1.807, 2.05) is 0 Å². The minimum Gasteiger partial charge on any atom is -0.493 e. The molecule has 2 aromatic carbocycles. The number of nitrogens with two attached hydrogens (primary N) is 1. The summed E-state index contributed by atoms with van der Waals surface area (Å²) in [6.45, 7) is 3.62. The van der Waals surface area contributed by atoms with Crippen LogP contribution in [0.4, 0.5) is 0 Å². The fourth-order valence-corrected chi connectivity index (χ4v) is 4.52. The highest BCUT2D eigenvalue weighted by Crippen LogP contribution is 2.45. The lowest BCUT2D eigenvalue weighted by atomic mass is 9.83. The number of allylic oxidation sites excluding steroid dienone is 2. The topological polar surface area (TPSA) is 104 Å². The summed E-state index contributed by atoms with van der Waals surface area (Å²) >= 11 is 15.7. The summed E-state index contributed by atoms with van der Waals surface area (Å²) in [7, 11) is 1.49. The van der Waals surface area contributed by atoms with Gasteiger partial charge in [-0.3, -0.25) is 0 Å². The van der Waals surface area contributed by atoms with Gasteiger partial charge in [0.05, 0.1) is 25.2 Å². The molecule has 0 saturated carbocycles. The van der Waals surface area contributed by atoms with E-state index in [1.165, 1.54) is 7.11 Å². The lowest BCUT2D eigenvalue weighted by molar-refractivity contribution is -0.139. The van der Waals surface area contributed by atoms with Crippen LogP contribution in [0, 0.1) is 11.3 Å². The molecule has 2 aromatic rings. The second kappa shape index (κ2) is 11.0. The Bertz CT molecular complexity index is 1240. The molecule has 1 aliphatic rings. The van der Waals surface area contributed by atoms with Gasteiger partial charge in [0.2, 0.25) is 5.88 Å². The number of benzene rings is 2. The zero-order chi connectivity index (χ0) is 25.0. The van der Waals surface area contributed by atoms with Gasteiger partial charge in [-0.15, -0.1) is 0 Å². The van der Waals surface area contributed by atoms with Crippen LogP contribution in [0.25, 0.3) is 0 Å². The standard InChI is InChI=1S/C24H21BrCl2N2O5/c1-4-32-24(30)21-12(2)34-23(29)16(10-28)22(21)15-8-19(31-3)20(9-17(15)25)33-11-13-5-6-14(26)7-18(13)27/h5-9,22H,4,11,29H2,1-3H3. The summed E-state index contributed by atoms with van der Waals surface area (Å²) in [6.07, 6.45) is 0. The van der Waals surface area contributed by atoms with Gasteiger partial charge in [-0.05, 0) is 43.7 Å². The van der Waals surface area contributed by atoms with Crippen molar-refractivity contribution >= 4 is 45.1 Å². The van der Waals surface area contributed by atoms with Crippen molar-refractivity contribution in [3.8, 4) is 17.6 Å². The molecular weight excluding hydrogens is 547 g/mol. The fourth-order valence-electron chi connectivity index (χ4n) is 3.50. The number of carbonyl (C=O) groups excluding carboxylic acids is 1. The second-order valence-corrected chi connectivity index (χ2v) is 8.86. The number of hydrogen-bond donors (Lipinski definition) is 1. The first-order valence-electron chi connectivity index (χ1n) is 10.1. The number of nitrogens with zero attached hydrogens (tertiary/aromatic N) is 1. The summed E-state index contributed by atoms with van der Waals surface area (Å²) in [4.78, 5) is 12.8. The van der Waals surface area contributed by atoms with Gasteiger partial charge in [-0.25, -0.2) is 4.79 Å². The van der Waals surface area contributed by atoms with E-state index in [2.05, 4.69) is 22.0 Å². The van der Waals surface area contributed by atoms with Crippen LogP contribution >= 0.6 is 39.1 Å². The summed E-state index contributed by atoms with van der Waals surface area (Å²) in [5.74, 6) is -0.462. The molecule has 1 aliphatic heterocycles. The summed E-state index contributed by atoms with van der Waals surface area (Å²) in [5.41, 5.74) is 7.54. The molecule has 1 atom stereocenters. The molecule has 1 unspecified atom stereocenters. The molecule has 1 heterocycles. The third-order valence-corrected chi connectivity index (χ3v) is 6.37. The molecule has 0 amide bonds. The van der Waals surface area contributed by atoms with Gasteiger partial charge < -0.3 is 24.7 Å². The van der Waals surface area contributed by atoms with Gasteiger partial charge in [-0.2, -0.15) is 5.26 Å². The van der Waals surface area contributed by atoms with Gasteiger partial charge in [0.15, 0.2) is 11.5 Å². The summed E-state index contributed by atoms with van der Waals surface area (Å²) in [6, 6.07) is 10.6. The molecule has 0 radical (unpaired) electrons. The zero-order valence-electron chi connectivity index (χ0n) is 18.6. The van der Waals surface area contributed by atoms with Crippen molar-refractivity contribution in [1.82, 2.24) is 0 Å². The van der Waals surface area contributed by atoms with E-state index in [4.69, 9.17) is 47.9 Å². The number of ether oxygens (including phenoxy) is 4. The monoisotopic (exact) mass is 566 g/mol. The van der Waals surface area contributed by atoms with Crippen molar-refractivity contribution in [2.45, 2.75) is 26.4 Å². The molecular formula is C24H21BrCl2N2O5. The van der Waals surface area contributed by atoms with Gasteiger partial charge in [0, 0.05) is 20.1 Å². The Hall–Kier alpha value is -2.86. The average Bonchev–Trinajstić information content (AvgIpc) is 2.78. The van der Waals surface area contributed by atoms with Crippen LogP contribution in [0.1, 0.15) is 30.9 Å². The highest BCUT2D eigenvalue weighted by molar-refractivity contribution is 9.10. The van der Waals surface area contributed by atoms with Gasteiger partial charge >= 0.3 is 5.97 Å². The molecule has 0 spiro atoms. The minimum absolute atomic E-state index is 0.0815. The molecule has 10 heteroatoms. The molecule has 3 rings (SSSR count). The molecule has 0 fully saturated rings. The predicted octanol–water partition coefficient (Wildman–Crippen LogP) is 5.99. The van der Waals surface area contributed by atoms with E-state index >= 15 is 0 Å². The number of halogens is 3. The van der Waals surface area contributed by atoms with Crippen LogP contribution in [0.5, 0.6) is 11.5 Å². The Morgan fingerprint density at radius 2 is 2.00 bits per heavy atom. The Morgan fingerprint density at radius 1 is 1.26 bits per heavy atom. The highest BCUT2D eigenvalue weighted by Gasteiger charge is 2.38. The fraction of sp³-hybridized carbons (Fsp3) is 0.250. The van der Waals surface area contributed by atoms with E-state index in [1.54, 1.807) is 44.2 Å². The van der Waals surface area contributed by atoms with E-state index in [0.29, 0.717) is 31.6 Å². The maximum absolute atomic E-state index is 12.8. The van der Waals surface area contributed by atoms with Crippen molar-refractivity contribution in [1.29, 1.82) is 5.26 Å². The smallest absolute Gasteiger partial charge is 0.338 e. The van der Waals surface area contributed by atoms with Crippen LogP contribution in [0.3, 0.4) is 0 Å². The Labute approximate surface area is 215 Å². The molecule has 2 N–H and O–H groups in total. The lowest BCUT2D eigenvalue weighted by Gasteiger charge is -2.28. The van der Waals surface area contributed by atoms with Crippen LogP contribution in [-0.2, 0) is 20.9 Å². The first-order valence-corrected chi connectivity index (χ1v) is 11.7. The van der Waals surface area contributed by atoms with Crippen LogP contribution in [0.15, 0.2) is 57.6 Å². The van der Waals surface area contributed by atoms with E-state index in [0.717, 1.165) is 5.56 Å². The third-order valence-electron chi connectivity index (χ3n) is 5.09. The van der Waals surface area contributed by atoms with Crippen molar-refractivity contribution in [2.75, 3.05) is 13.7 Å². The third kappa shape index (κ3) is 5.27. The molecule has 0 aliphatic carbocycles. The van der Waals surface area contributed by atoms with Crippen molar-refractivity contribution in [3.05, 3.63) is 78.8 Å². The SMILES string of the molecule is CCOC(=O)C1=C(C)OC(N)=C(C#N)C1c1cc(OC)c(OCc2ccc(Cl)cc2Cl)cc1Br. The predicted molar refractivity (Wildman–Crippen MR) is 131 cm³/mol. The minimum atomic E-state index is -0.833. The van der Waals surface area contributed by atoms with E-state index in [9.17, 15) is 10.1 Å². The van der Waals surface area contributed by atoms with E-state index in [-0.39, 0.29) is 36.0 Å². The van der Waals surface area contributed by atoms with Crippen LogP contribution < -0.4 is 15.2 Å². The number of rotatable bonds is 7. The van der Waals surface area contributed by atoms with Crippen molar-refractivity contribution in [3.63, 3.8) is 0 Å². The molecule has 0 bridgehead atoms. The quantitative estimate of drug-likeness (QED) is 0.410. The Kier molecular flexibility index (Phi) is 8.37. The Balaban J connectivity index is 2.05. The number of hydrogen-bond acceptors (Lipinski definition) is 7. The number of methoxy groups -OCH3 is 1. The maximum Gasteiger partial charge on any atom is 0.338 e.